The fraction of sp³-hybridized carbons (Fsp3) is 0.250. The molecule has 2 rings (SSSR count). The van der Waals surface area contributed by atoms with E-state index in [0.717, 1.165) is 12.1 Å². The van der Waals surface area contributed by atoms with Gasteiger partial charge in [-0.3, -0.25) is 14.8 Å². The zero-order chi connectivity index (χ0) is 13.7. The molecule has 6 nitrogen and oxygen atoms in total. The lowest BCUT2D eigenvalue weighted by Crippen LogP contribution is -2.20. The topological polar surface area (TPSA) is 73.0 Å². The van der Waals surface area contributed by atoms with Crippen LogP contribution in [0.2, 0.25) is 5.02 Å². The average Bonchev–Trinajstić information content (AvgIpc) is 2.89. The molecule has 100 valence electrons. The molecule has 19 heavy (non-hydrogen) atoms. The number of nitrogens with zero attached hydrogens (tertiary/aromatic N) is 3. The van der Waals surface area contributed by atoms with Gasteiger partial charge in [-0.25, -0.2) is 0 Å². The number of nitro groups is 1. The Balaban J connectivity index is 1.88. The fourth-order valence-electron chi connectivity index (χ4n) is 1.66. The Hall–Kier alpha value is -1.92. The maximum absolute atomic E-state index is 10.7. The molecule has 0 spiro atoms. The van der Waals surface area contributed by atoms with E-state index in [4.69, 9.17) is 11.6 Å². The van der Waals surface area contributed by atoms with Crippen molar-refractivity contribution in [3.8, 4) is 0 Å². The number of aromatic nitrogens is 2. The van der Waals surface area contributed by atoms with Crippen molar-refractivity contribution in [1.29, 1.82) is 0 Å². The second-order valence-corrected chi connectivity index (χ2v) is 4.39. The van der Waals surface area contributed by atoms with Crippen molar-refractivity contribution in [2.24, 2.45) is 0 Å². The van der Waals surface area contributed by atoms with Gasteiger partial charge in [0.25, 0.3) is 5.69 Å². The van der Waals surface area contributed by atoms with E-state index in [0.29, 0.717) is 18.1 Å². The predicted molar refractivity (Wildman–Crippen MR) is 72.0 cm³/mol. The van der Waals surface area contributed by atoms with E-state index in [2.05, 4.69) is 10.4 Å². The van der Waals surface area contributed by atoms with Crippen LogP contribution in [0.4, 0.5) is 5.69 Å². The molecule has 0 unspecified atom stereocenters. The maximum atomic E-state index is 10.7. The van der Waals surface area contributed by atoms with Crippen LogP contribution in [0.5, 0.6) is 0 Å². The van der Waals surface area contributed by atoms with Crippen molar-refractivity contribution in [3.05, 3.63) is 57.4 Å². The van der Waals surface area contributed by atoms with Gasteiger partial charge in [-0.05, 0) is 17.7 Å². The van der Waals surface area contributed by atoms with Crippen LogP contribution in [0.25, 0.3) is 0 Å². The molecule has 1 N–H and O–H groups in total. The maximum Gasteiger partial charge on any atom is 0.269 e. The van der Waals surface area contributed by atoms with Crippen LogP contribution >= 0.6 is 11.6 Å². The lowest BCUT2D eigenvalue weighted by molar-refractivity contribution is -0.384. The summed E-state index contributed by atoms with van der Waals surface area (Å²) < 4.78 is 1.81. The molecule has 0 radical (unpaired) electrons. The number of nitrogens with one attached hydrogen (secondary N) is 1. The monoisotopic (exact) mass is 280 g/mol. The summed E-state index contributed by atoms with van der Waals surface area (Å²) in [5, 5.41) is 18.5. The zero-order valence-corrected chi connectivity index (χ0v) is 10.9. The lowest BCUT2D eigenvalue weighted by Gasteiger charge is -2.07. The predicted octanol–water partition coefficient (Wildman–Crippen LogP) is 2.23. The van der Waals surface area contributed by atoms with Crippen LogP contribution in [-0.4, -0.2) is 21.2 Å². The first kappa shape index (κ1) is 13.5. The molecule has 7 heteroatoms. The van der Waals surface area contributed by atoms with E-state index in [1.165, 1.54) is 12.1 Å². The Morgan fingerprint density at radius 1 is 1.47 bits per heavy atom. The van der Waals surface area contributed by atoms with E-state index >= 15 is 0 Å². The third-order valence-electron chi connectivity index (χ3n) is 2.63. The molecular formula is C12H13ClN4O2. The van der Waals surface area contributed by atoms with Crippen molar-refractivity contribution in [1.82, 2.24) is 15.1 Å². The first-order chi connectivity index (χ1) is 9.16. The minimum atomic E-state index is -0.427. The summed E-state index contributed by atoms with van der Waals surface area (Å²) in [7, 11) is 0. The molecule has 1 aromatic carbocycles. The molecule has 0 saturated carbocycles. The molecule has 0 saturated heterocycles. The number of halogens is 1. The van der Waals surface area contributed by atoms with E-state index in [9.17, 15) is 10.1 Å². The van der Waals surface area contributed by atoms with E-state index < -0.39 is 4.92 Å². The van der Waals surface area contributed by atoms with Crippen LogP contribution in [0, 0.1) is 10.1 Å². The highest BCUT2D eigenvalue weighted by Gasteiger charge is 2.09. The standard InChI is InChI=1S/C12H13ClN4O2/c13-12-3-2-11(17(18)19)8-10(12)9-14-5-7-16-6-1-4-15-16/h1-4,6,8,14H,5,7,9H2. The van der Waals surface area contributed by atoms with Crippen molar-refractivity contribution in [2.45, 2.75) is 13.1 Å². The van der Waals surface area contributed by atoms with Crippen LogP contribution < -0.4 is 5.32 Å². The number of rotatable bonds is 6. The van der Waals surface area contributed by atoms with Gasteiger partial charge in [0.1, 0.15) is 0 Å². The Kier molecular flexibility index (Phi) is 4.48. The Bertz CT molecular complexity index is 557. The van der Waals surface area contributed by atoms with Gasteiger partial charge < -0.3 is 5.32 Å². The lowest BCUT2D eigenvalue weighted by atomic mass is 10.2. The zero-order valence-electron chi connectivity index (χ0n) is 10.1. The quantitative estimate of drug-likeness (QED) is 0.500. The number of hydrogen-bond acceptors (Lipinski definition) is 4. The summed E-state index contributed by atoms with van der Waals surface area (Å²) in [4.78, 5) is 10.3. The number of benzene rings is 1. The largest absolute Gasteiger partial charge is 0.311 e. The molecule has 1 aromatic heterocycles. The van der Waals surface area contributed by atoms with Crippen molar-refractivity contribution in [2.75, 3.05) is 6.54 Å². The Morgan fingerprint density at radius 3 is 3.00 bits per heavy atom. The highest BCUT2D eigenvalue weighted by molar-refractivity contribution is 6.31. The van der Waals surface area contributed by atoms with Crippen LogP contribution in [-0.2, 0) is 13.1 Å². The summed E-state index contributed by atoms with van der Waals surface area (Å²) in [6, 6.07) is 6.29. The second-order valence-electron chi connectivity index (χ2n) is 3.98. The molecule has 0 bridgehead atoms. The molecule has 0 atom stereocenters. The molecule has 0 fully saturated rings. The van der Waals surface area contributed by atoms with E-state index in [1.807, 2.05) is 16.9 Å². The van der Waals surface area contributed by atoms with Crippen molar-refractivity contribution in [3.63, 3.8) is 0 Å². The highest BCUT2D eigenvalue weighted by Crippen LogP contribution is 2.21. The molecule has 2 aromatic rings. The van der Waals surface area contributed by atoms with Gasteiger partial charge in [0.15, 0.2) is 0 Å². The number of nitro benzene ring substituents is 1. The van der Waals surface area contributed by atoms with Gasteiger partial charge in [-0.15, -0.1) is 0 Å². The molecule has 0 aliphatic heterocycles. The smallest absolute Gasteiger partial charge is 0.269 e. The highest BCUT2D eigenvalue weighted by atomic mass is 35.5. The molecule has 1 heterocycles. The molecule has 0 aliphatic rings. The van der Waals surface area contributed by atoms with Gasteiger partial charge in [-0.2, -0.15) is 5.10 Å². The van der Waals surface area contributed by atoms with Gasteiger partial charge in [-0.1, -0.05) is 11.6 Å². The SMILES string of the molecule is O=[N+]([O-])c1ccc(Cl)c(CNCCn2cccn2)c1. The second kappa shape index (κ2) is 6.31. The van der Waals surface area contributed by atoms with Crippen LogP contribution in [0.3, 0.4) is 0 Å². The van der Waals surface area contributed by atoms with E-state index in [1.54, 1.807) is 12.3 Å². The Morgan fingerprint density at radius 2 is 2.32 bits per heavy atom. The van der Waals surface area contributed by atoms with Crippen LogP contribution in [0.15, 0.2) is 36.7 Å². The summed E-state index contributed by atoms with van der Waals surface area (Å²) in [5.74, 6) is 0. The third-order valence-corrected chi connectivity index (χ3v) is 3.00. The van der Waals surface area contributed by atoms with Gasteiger partial charge in [0.2, 0.25) is 0 Å². The number of non-ortho nitro benzene ring substituents is 1. The Labute approximate surface area is 115 Å². The van der Waals surface area contributed by atoms with Gasteiger partial charge in [0.05, 0.1) is 11.5 Å². The summed E-state index contributed by atoms with van der Waals surface area (Å²) >= 11 is 6.00. The first-order valence-electron chi connectivity index (χ1n) is 5.78. The molecular weight excluding hydrogens is 268 g/mol. The summed E-state index contributed by atoms with van der Waals surface area (Å²) in [6.07, 6.45) is 3.60. The first-order valence-corrected chi connectivity index (χ1v) is 6.15. The van der Waals surface area contributed by atoms with Crippen molar-refractivity contribution < 1.29 is 4.92 Å². The summed E-state index contributed by atoms with van der Waals surface area (Å²) in [6.45, 7) is 1.93. The fourth-order valence-corrected chi connectivity index (χ4v) is 1.84. The van der Waals surface area contributed by atoms with Crippen LogP contribution in [0.1, 0.15) is 5.56 Å². The number of hydrogen-bond donors (Lipinski definition) is 1. The third kappa shape index (κ3) is 3.77. The van der Waals surface area contributed by atoms with Gasteiger partial charge in [0, 0.05) is 42.6 Å². The minimum absolute atomic E-state index is 0.0493. The molecule has 0 aliphatic carbocycles. The van der Waals surface area contributed by atoms with Crippen molar-refractivity contribution >= 4 is 17.3 Å². The minimum Gasteiger partial charge on any atom is -0.311 e. The molecule has 0 amide bonds. The van der Waals surface area contributed by atoms with E-state index in [-0.39, 0.29) is 5.69 Å². The summed E-state index contributed by atoms with van der Waals surface area (Å²) in [5.41, 5.74) is 0.768. The normalized spacial score (nSPS) is 10.6. The van der Waals surface area contributed by atoms with Gasteiger partial charge >= 0.3 is 0 Å². The average molecular weight is 281 g/mol.